The fourth-order valence-electron chi connectivity index (χ4n) is 19.7. The van der Waals surface area contributed by atoms with Gasteiger partial charge in [0.2, 0.25) is 49.3 Å². The Morgan fingerprint density at radius 1 is 0.452 bits per heavy atom. The molecular formula is C98H124N24O4. The first-order valence-electron chi connectivity index (χ1n) is 45.0. The summed E-state index contributed by atoms with van der Waals surface area (Å²) >= 11 is 0. The summed E-state index contributed by atoms with van der Waals surface area (Å²) < 4.78 is 6.30. The second kappa shape index (κ2) is 40.5. The molecule has 12 heterocycles. The van der Waals surface area contributed by atoms with Crippen LogP contribution in [0.5, 0.6) is 6.01 Å². The van der Waals surface area contributed by atoms with Crippen molar-refractivity contribution in [1.82, 2.24) is 64.2 Å². The molecule has 28 nitrogen and oxygen atoms in total. The molecule has 28 heteroatoms. The maximum atomic E-state index is 13.1. The van der Waals surface area contributed by atoms with Crippen LogP contribution < -0.4 is 43.9 Å². The quantitative estimate of drug-likeness (QED) is 0.0485. The minimum absolute atomic E-state index is 0.0336. The highest BCUT2D eigenvalue weighted by Crippen LogP contribution is 2.41. The fraction of sp³-hybridized carbons (Fsp3) is 0.490. The number of amides is 3. The van der Waals surface area contributed by atoms with Gasteiger partial charge in [-0.25, -0.2) is 29.7 Å². The molecule has 3 amide bonds. The first-order valence-corrected chi connectivity index (χ1v) is 45.0. The highest BCUT2D eigenvalue weighted by molar-refractivity contribution is 5.96. The summed E-state index contributed by atoms with van der Waals surface area (Å²) in [6, 6.07) is 37.8. The van der Waals surface area contributed by atoms with Crippen LogP contribution in [0.15, 0.2) is 141 Å². The minimum Gasteiger partial charge on any atom is -0.462 e. The second-order valence-electron chi connectivity index (χ2n) is 35.7. The highest BCUT2D eigenvalue weighted by Gasteiger charge is 2.41. The molecule has 6 atom stereocenters. The van der Waals surface area contributed by atoms with Crippen LogP contribution in [0.25, 0.3) is 36.1 Å². The van der Waals surface area contributed by atoms with E-state index in [0.29, 0.717) is 103 Å². The third kappa shape index (κ3) is 20.0. The molecule has 660 valence electrons. The number of benzene rings is 5. The number of rotatable bonds is 21. The van der Waals surface area contributed by atoms with E-state index < -0.39 is 0 Å². The molecule has 0 radical (unpaired) electrons. The maximum Gasteiger partial charge on any atom is 0.318 e. The third-order valence-corrected chi connectivity index (χ3v) is 27.1. The summed E-state index contributed by atoms with van der Waals surface area (Å²) in [7, 11) is 14.7. The number of carbonyl (C=O) groups excluding carboxylic acids is 3. The van der Waals surface area contributed by atoms with E-state index >= 15 is 0 Å². The molecule has 2 unspecified atom stereocenters. The van der Waals surface area contributed by atoms with Gasteiger partial charge in [-0.1, -0.05) is 104 Å². The van der Waals surface area contributed by atoms with Gasteiger partial charge in [-0.3, -0.25) is 14.4 Å². The number of nitrogens with zero attached hydrogens (tertiary/aromatic N) is 24. The number of piperidine rings is 1. The van der Waals surface area contributed by atoms with Crippen LogP contribution in [0, 0.1) is 33.6 Å². The summed E-state index contributed by atoms with van der Waals surface area (Å²) in [6.45, 7) is 51.3. The molecule has 5 aromatic carbocycles. The SMILES string of the molecule is [C-]#[N+]C[C@H]1CN(c2nc(N3CCC(N(C)C)C3)nc3c2CCN(c2cccc4ccccc24)C3)CCN1C(=O)C=C.[C-]#[N+]C[C@H]1CN(c2nc(N3CCCC(N(C)C)C3)nc3c2CCN(c2cccc4ccccc24)C3)CCN1C(=O)C=C.[C-]#[N+]C[C@H]1CN(c2nc(OC[C@@H]3CCCN3C)nc3c2CCN(c2cccc(C)c2C)C3)CCN1C(=O)/C=C/CN(C)C. The van der Waals surface area contributed by atoms with Crippen LogP contribution >= 0.6 is 0 Å². The molecule has 3 aromatic heterocycles. The molecule has 9 aliphatic heterocycles. The Morgan fingerprint density at radius 3 is 1.36 bits per heavy atom. The molecule has 8 aromatic rings. The van der Waals surface area contributed by atoms with Crippen molar-refractivity contribution in [3.8, 4) is 6.01 Å². The van der Waals surface area contributed by atoms with E-state index in [1.807, 2.05) is 30.0 Å². The molecule has 0 aliphatic carbocycles. The van der Waals surface area contributed by atoms with Gasteiger partial charge in [0.1, 0.15) is 42.2 Å². The van der Waals surface area contributed by atoms with E-state index in [1.54, 1.807) is 15.9 Å². The average molecular weight is 1700 g/mol. The molecule has 17 rings (SSSR count). The zero-order valence-corrected chi connectivity index (χ0v) is 75.2. The predicted octanol–water partition coefficient (Wildman–Crippen LogP) is 10.5. The monoisotopic (exact) mass is 1700 g/mol. The Hall–Kier alpha value is -12.0. The number of fused-ring (bicyclic) bond motifs is 5. The Labute approximate surface area is 744 Å². The Bertz CT molecular complexity index is 5410. The van der Waals surface area contributed by atoms with Gasteiger partial charge >= 0.3 is 6.01 Å². The van der Waals surface area contributed by atoms with Crippen LogP contribution in [0.2, 0.25) is 0 Å². The van der Waals surface area contributed by atoms with Crippen LogP contribution in [-0.2, 0) is 53.3 Å². The van der Waals surface area contributed by atoms with Crippen LogP contribution in [0.1, 0.15) is 77.0 Å². The van der Waals surface area contributed by atoms with Crippen molar-refractivity contribution in [3.05, 3.63) is 220 Å². The van der Waals surface area contributed by atoms with Crippen LogP contribution in [0.3, 0.4) is 0 Å². The number of hydrogen-bond acceptors (Lipinski definition) is 22. The number of carbonyl (C=O) groups is 3. The number of likely N-dealkylation sites (N-methyl/N-ethyl adjacent to an activating group) is 4. The summed E-state index contributed by atoms with van der Waals surface area (Å²) in [5, 5.41) is 4.99. The van der Waals surface area contributed by atoms with Crippen molar-refractivity contribution in [2.24, 2.45) is 0 Å². The zero-order chi connectivity index (χ0) is 88.2. The average Bonchev–Trinajstić information content (AvgIpc) is 1.09. The molecule has 0 N–H and O–H groups in total. The number of ether oxygens (including phenoxy) is 1. The number of anilines is 8. The van der Waals surface area contributed by atoms with Gasteiger partial charge in [-0.2, -0.15) is 19.9 Å². The largest absolute Gasteiger partial charge is 0.462 e. The standard InChI is InChI=1S/C33H46N8O2.C33H40N8O.C32H38N8O/c1-24-10-7-12-30(25(24)2)39-17-14-28-29(22-39)35-33(43-23-26-11-8-16-38(26)6)36-32(28)40-18-19-41(27(21-40)20-34-3)31(42)13-9-15-37(4)5;1-5-31(42)41-19-18-39(22-26(41)20-34-2)32-28-15-17-38(30-14-8-11-24-10-6-7-13-27(24)30)23-29(28)35-33(36-32)40-16-9-12-25(21-40)37(3)4;1-5-30(41)40-18-17-38(21-25(40)19-33-2)31-27-14-16-37(29-12-8-10-23-9-6-7-11-26(23)29)22-28(27)34-32(35-31)39-15-13-24(20-39)36(3)4/h7,9-10,12-13,26-27H,8,11,14-23H2,1-2,4-6H3;5-8,10-11,13-14,25-26H,1,9,12,15-23H2,3-4H3;5-12,24-25H,1,13-22H2,3-4H3/b13-9+;;/t26-,27-;25?,26-;24?,25-/m000/s1. The topological polar surface area (TPSA) is 199 Å². The van der Waals surface area contributed by atoms with Gasteiger partial charge in [0.05, 0.1) is 36.7 Å². The van der Waals surface area contributed by atoms with E-state index in [2.05, 4.69) is 234 Å². The summed E-state index contributed by atoms with van der Waals surface area (Å²) in [4.78, 5) is 113. The number of aromatic nitrogens is 6. The lowest BCUT2D eigenvalue weighted by atomic mass is 10.0. The summed E-state index contributed by atoms with van der Waals surface area (Å²) in [5.74, 6) is 4.16. The van der Waals surface area contributed by atoms with Gasteiger partial charge in [-0.05, 0) is 173 Å². The van der Waals surface area contributed by atoms with Gasteiger partial charge in [0.25, 0.3) is 0 Å². The number of aryl methyl sites for hydroxylation is 1. The highest BCUT2D eigenvalue weighted by atomic mass is 16.5. The van der Waals surface area contributed by atoms with E-state index in [9.17, 15) is 14.4 Å². The molecule has 0 bridgehead atoms. The molecular weight excluding hydrogens is 1580 g/mol. The third-order valence-electron chi connectivity index (χ3n) is 27.1. The fourth-order valence-corrected chi connectivity index (χ4v) is 19.7. The van der Waals surface area contributed by atoms with Crippen molar-refractivity contribution in [1.29, 1.82) is 0 Å². The molecule has 6 fully saturated rings. The van der Waals surface area contributed by atoms with Crippen LogP contribution in [-0.4, -0.2) is 312 Å². The lowest BCUT2D eigenvalue weighted by molar-refractivity contribution is -0.129. The first-order chi connectivity index (χ1) is 61.2. The van der Waals surface area contributed by atoms with Crippen LogP contribution in [0.4, 0.5) is 46.4 Å². The van der Waals surface area contributed by atoms with Crippen molar-refractivity contribution in [2.75, 3.05) is 233 Å². The van der Waals surface area contributed by atoms with Crippen molar-refractivity contribution in [3.63, 3.8) is 0 Å². The van der Waals surface area contributed by atoms with Crippen molar-refractivity contribution >= 4 is 85.7 Å². The van der Waals surface area contributed by atoms with Gasteiger partial charge in [0, 0.05) is 180 Å². The summed E-state index contributed by atoms with van der Waals surface area (Å²) in [6.07, 6.45) is 14.4. The molecule has 0 saturated carbocycles. The molecule has 6 saturated heterocycles. The van der Waals surface area contributed by atoms with E-state index in [1.165, 1.54) is 85.9 Å². The molecule has 9 aliphatic rings. The van der Waals surface area contributed by atoms with E-state index in [0.717, 1.165) is 156 Å². The first kappa shape index (κ1) is 88.8. The smallest absolute Gasteiger partial charge is 0.318 e. The van der Waals surface area contributed by atoms with Crippen molar-refractivity contribution in [2.45, 2.75) is 121 Å². The van der Waals surface area contributed by atoms with E-state index in [-0.39, 0.29) is 55.5 Å². The lowest BCUT2D eigenvalue weighted by Crippen LogP contribution is -2.56. The number of piperazine rings is 3. The summed E-state index contributed by atoms with van der Waals surface area (Å²) in [5.41, 5.74) is 13.0. The normalized spacial score (nSPS) is 20.9. The Kier molecular flexibility index (Phi) is 28.6. The maximum absolute atomic E-state index is 13.1. The van der Waals surface area contributed by atoms with Gasteiger partial charge < -0.3 is 92.8 Å². The predicted molar refractivity (Wildman–Crippen MR) is 504 cm³/mol. The zero-order valence-electron chi connectivity index (χ0n) is 75.2. The number of likely N-dealkylation sites (tertiary alicyclic amines) is 1. The Morgan fingerprint density at radius 2 is 0.889 bits per heavy atom. The molecule has 0 spiro atoms. The molecule has 126 heavy (non-hydrogen) atoms. The number of hydrogen-bond donors (Lipinski definition) is 0. The van der Waals surface area contributed by atoms with Gasteiger partial charge in [-0.15, -0.1) is 0 Å². The lowest BCUT2D eigenvalue weighted by Gasteiger charge is -2.42. The van der Waals surface area contributed by atoms with E-state index in [4.69, 9.17) is 54.4 Å². The van der Waals surface area contributed by atoms with Crippen molar-refractivity contribution < 1.29 is 19.1 Å². The van der Waals surface area contributed by atoms with Gasteiger partial charge in [0.15, 0.2) is 0 Å². The minimum atomic E-state index is -0.208. The second-order valence-corrected chi connectivity index (χ2v) is 35.7. The Balaban J connectivity index is 0.000000146.